The summed E-state index contributed by atoms with van der Waals surface area (Å²) in [5.41, 5.74) is 2.26. The van der Waals surface area contributed by atoms with Crippen LogP contribution in [0.15, 0.2) is 60.9 Å². The molecule has 0 unspecified atom stereocenters. The van der Waals surface area contributed by atoms with Gasteiger partial charge in [0.1, 0.15) is 5.75 Å². The summed E-state index contributed by atoms with van der Waals surface area (Å²) in [5.74, 6) is 1.96. The fraction of sp³-hybridized carbons (Fsp3) is 0.217. The lowest BCUT2D eigenvalue weighted by atomic mass is 10.1. The average Bonchev–Trinajstić information content (AvgIpc) is 3.17. The molecule has 156 valence electrons. The van der Waals surface area contributed by atoms with Gasteiger partial charge in [-0.15, -0.1) is 0 Å². The Labute approximate surface area is 179 Å². The number of ether oxygens (including phenoxy) is 2. The van der Waals surface area contributed by atoms with Gasteiger partial charge in [0, 0.05) is 38.1 Å². The van der Waals surface area contributed by atoms with E-state index in [1.807, 2.05) is 35.9 Å². The molecule has 8 heteroatoms. The van der Waals surface area contributed by atoms with Gasteiger partial charge >= 0.3 is 0 Å². The highest BCUT2D eigenvalue weighted by molar-refractivity contribution is 6.08. The Hall–Kier alpha value is -3.78. The van der Waals surface area contributed by atoms with E-state index in [0.29, 0.717) is 42.0 Å². The molecule has 5 rings (SSSR count). The van der Waals surface area contributed by atoms with Crippen molar-refractivity contribution in [1.29, 1.82) is 0 Å². The van der Waals surface area contributed by atoms with Crippen LogP contribution in [0.2, 0.25) is 0 Å². The summed E-state index contributed by atoms with van der Waals surface area (Å²) in [5, 5.41) is 0. The van der Waals surface area contributed by atoms with E-state index in [1.165, 1.54) is 0 Å². The number of fused-ring (bicyclic) bond motifs is 1. The van der Waals surface area contributed by atoms with Crippen LogP contribution in [0.25, 0.3) is 11.0 Å². The molecule has 0 aliphatic carbocycles. The fourth-order valence-electron chi connectivity index (χ4n) is 3.65. The lowest BCUT2D eigenvalue weighted by molar-refractivity contribution is 0.102. The van der Waals surface area contributed by atoms with Gasteiger partial charge in [0.2, 0.25) is 5.78 Å². The zero-order valence-electron chi connectivity index (χ0n) is 17.1. The molecule has 8 nitrogen and oxygen atoms in total. The van der Waals surface area contributed by atoms with Crippen LogP contribution in [-0.4, -0.2) is 51.6 Å². The topological polar surface area (TPSA) is 82.4 Å². The minimum atomic E-state index is -0.140. The number of nitrogens with zero attached hydrogens (tertiary/aromatic N) is 5. The standard InChI is InChI=1S/C23H21N5O3/c1-27-19-5-3-2-4-18(19)26-21(27)20(29)16-6-8-17(9-7-16)31-23-22(24-10-11-25-23)28-12-14-30-15-13-28/h2-11H,12-15H2,1H3. The van der Waals surface area contributed by atoms with Crippen molar-refractivity contribution in [2.75, 3.05) is 31.2 Å². The first kappa shape index (κ1) is 19.2. The van der Waals surface area contributed by atoms with Gasteiger partial charge in [0.25, 0.3) is 5.88 Å². The summed E-state index contributed by atoms with van der Waals surface area (Å²) in [6, 6.07) is 14.7. The summed E-state index contributed by atoms with van der Waals surface area (Å²) < 4.78 is 13.2. The third kappa shape index (κ3) is 3.73. The molecule has 2 aromatic carbocycles. The number of aryl methyl sites for hydroxylation is 1. The molecule has 2 aromatic heterocycles. The second kappa shape index (κ2) is 8.16. The number of carbonyl (C=O) groups excluding carboxylic acids is 1. The van der Waals surface area contributed by atoms with Crippen molar-refractivity contribution in [3.05, 3.63) is 72.3 Å². The van der Waals surface area contributed by atoms with Crippen molar-refractivity contribution in [2.45, 2.75) is 0 Å². The number of hydrogen-bond acceptors (Lipinski definition) is 7. The number of rotatable bonds is 5. The van der Waals surface area contributed by atoms with E-state index in [4.69, 9.17) is 9.47 Å². The Bertz CT molecular complexity index is 1230. The number of ketones is 1. The molecular weight excluding hydrogens is 394 g/mol. The van der Waals surface area contributed by atoms with E-state index < -0.39 is 0 Å². The van der Waals surface area contributed by atoms with Crippen LogP contribution in [0.4, 0.5) is 5.82 Å². The van der Waals surface area contributed by atoms with Crippen molar-refractivity contribution in [2.24, 2.45) is 7.05 Å². The van der Waals surface area contributed by atoms with Crippen LogP contribution in [0.1, 0.15) is 16.2 Å². The Morgan fingerprint density at radius 1 is 1.00 bits per heavy atom. The van der Waals surface area contributed by atoms with Crippen molar-refractivity contribution < 1.29 is 14.3 Å². The molecular formula is C23H21N5O3. The highest BCUT2D eigenvalue weighted by atomic mass is 16.5. The average molecular weight is 415 g/mol. The van der Waals surface area contributed by atoms with Crippen LogP contribution in [-0.2, 0) is 11.8 Å². The number of hydrogen-bond donors (Lipinski definition) is 0. The zero-order chi connectivity index (χ0) is 21.2. The number of imidazole rings is 1. The molecule has 31 heavy (non-hydrogen) atoms. The van der Waals surface area contributed by atoms with Crippen LogP contribution in [0, 0.1) is 0 Å². The normalized spacial score (nSPS) is 14.0. The summed E-state index contributed by atoms with van der Waals surface area (Å²) in [7, 11) is 1.85. The lowest BCUT2D eigenvalue weighted by Crippen LogP contribution is -2.37. The maximum atomic E-state index is 13.0. The van der Waals surface area contributed by atoms with Crippen molar-refractivity contribution in [3.8, 4) is 11.6 Å². The Morgan fingerprint density at radius 3 is 2.52 bits per heavy atom. The highest BCUT2D eigenvalue weighted by Crippen LogP contribution is 2.29. The summed E-state index contributed by atoms with van der Waals surface area (Å²) in [6.07, 6.45) is 3.25. The maximum absolute atomic E-state index is 13.0. The first-order chi connectivity index (χ1) is 15.2. The van der Waals surface area contributed by atoms with Gasteiger partial charge in [-0.1, -0.05) is 12.1 Å². The highest BCUT2D eigenvalue weighted by Gasteiger charge is 2.20. The smallest absolute Gasteiger partial charge is 0.263 e. The van der Waals surface area contributed by atoms with E-state index in [0.717, 1.165) is 24.1 Å². The Balaban J connectivity index is 1.37. The second-order valence-electron chi connectivity index (χ2n) is 7.22. The van der Waals surface area contributed by atoms with Crippen LogP contribution in [0.3, 0.4) is 0 Å². The molecule has 0 radical (unpaired) electrons. The van der Waals surface area contributed by atoms with Gasteiger partial charge in [-0.2, -0.15) is 0 Å². The van der Waals surface area contributed by atoms with Gasteiger partial charge < -0.3 is 18.9 Å². The van der Waals surface area contributed by atoms with Gasteiger partial charge in [-0.3, -0.25) is 4.79 Å². The van der Waals surface area contributed by atoms with Gasteiger partial charge in [-0.05, 0) is 36.4 Å². The van der Waals surface area contributed by atoms with Gasteiger partial charge in [0.05, 0.1) is 24.2 Å². The van der Waals surface area contributed by atoms with Gasteiger partial charge in [0.15, 0.2) is 11.6 Å². The lowest BCUT2D eigenvalue weighted by Gasteiger charge is -2.28. The molecule has 0 atom stereocenters. The molecule has 1 saturated heterocycles. The van der Waals surface area contributed by atoms with E-state index in [9.17, 15) is 4.79 Å². The maximum Gasteiger partial charge on any atom is 0.263 e. The molecule has 0 amide bonds. The first-order valence-electron chi connectivity index (χ1n) is 10.1. The van der Waals surface area contributed by atoms with Crippen molar-refractivity contribution in [3.63, 3.8) is 0 Å². The number of carbonyl (C=O) groups is 1. The van der Waals surface area contributed by atoms with Crippen LogP contribution < -0.4 is 9.64 Å². The SMILES string of the molecule is Cn1c(C(=O)c2ccc(Oc3nccnc3N3CCOCC3)cc2)nc2ccccc21. The summed E-state index contributed by atoms with van der Waals surface area (Å²) in [4.78, 5) is 28.4. The fourth-order valence-corrected chi connectivity index (χ4v) is 3.65. The van der Waals surface area contributed by atoms with Crippen molar-refractivity contribution in [1.82, 2.24) is 19.5 Å². The van der Waals surface area contributed by atoms with E-state index >= 15 is 0 Å². The van der Waals surface area contributed by atoms with E-state index in [1.54, 1.807) is 36.7 Å². The molecule has 4 aromatic rings. The minimum absolute atomic E-state index is 0.140. The Kier molecular flexibility index (Phi) is 5.05. The molecule has 0 spiro atoms. The first-order valence-corrected chi connectivity index (χ1v) is 10.1. The Morgan fingerprint density at radius 2 is 1.74 bits per heavy atom. The number of anilines is 1. The second-order valence-corrected chi connectivity index (χ2v) is 7.22. The number of para-hydroxylation sites is 2. The number of benzene rings is 2. The summed E-state index contributed by atoms with van der Waals surface area (Å²) in [6.45, 7) is 2.77. The predicted molar refractivity (Wildman–Crippen MR) is 116 cm³/mol. The predicted octanol–water partition coefficient (Wildman–Crippen LogP) is 3.22. The number of morpholine rings is 1. The molecule has 3 heterocycles. The van der Waals surface area contributed by atoms with E-state index in [2.05, 4.69) is 19.9 Å². The monoisotopic (exact) mass is 415 g/mol. The third-order valence-electron chi connectivity index (χ3n) is 5.28. The minimum Gasteiger partial charge on any atom is -0.436 e. The van der Waals surface area contributed by atoms with Crippen LogP contribution >= 0.6 is 0 Å². The molecule has 1 fully saturated rings. The quantitative estimate of drug-likeness (QED) is 0.463. The molecule has 0 N–H and O–H groups in total. The summed E-state index contributed by atoms with van der Waals surface area (Å²) >= 11 is 0. The molecule has 0 bridgehead atoms. The zero-order valence-corrected chi connectivity index (χ0v) is 17.1. The van der Waals surface area contributed by atoms with Crippen LogP contribution in [0.5, 0.6) is 11.6 Å². The van der Waals surface area contributed by atoms with Gasteiger partial charge in [-0.25, -0.2) is 15.0 Å². The molecule has 1 aliphatic rings. The van der Waals surface area contributed by atoms with Crippen molar-refractivity contribution >= 4 is 22.6 Å². The molecule has 0 saturated carbocycles. The number of aromatic nitrogens is 4. The largest absolute Gasteiger partial charge is 0.436 e. The third-order valence-corrected chi connectivity index (χ3v) is 5.28. The molecule has 1 aliphatic heterocycles. The van der Waals surface area contributed by atoms with E-state index in [-0.39, 0.29) is 5.78 Å².